The van der Waals surface area contributed by atoms with Gasteiger partial charge in [-0.2, -0.15) is 0 Å². The van der Waals surface area contributed by atoms with Crippen LogP contribution < -0.4 is 17.2 Å². The zero-order valence-corrected chi connectivity index (χ0v) is 11.7. The number of hydrogen-bond donors (Lipinski definition) is 3. The molecule has 0 heterocycles. The minimum Gasteiger partial charge on any atom is -0.399 e. The second kappa shape index (κ2) is 21.2. The number of benzene rings is 1. The summed E-state index contributed by atoms with van der Waals surface area (Å²) >= 11 is 0. The third-order valence-corrected chi connectivity index (χ3v) is 1.65. The predicted molar refractivity (Wildman–Crippen MR) is 83.4 cm³/mol. The largest absolute Gasteiger partial charge is 0.399 e. The number of nitrogens with two attached hydrogens (primary N) is 3. The Bertz CT molecular complexity index is 206. The normalized spacial score (nSPS) is 8.00. The molecule has 3 heteroatoms. The average Bonchev–Trinajstić information content (AvgIpc) is 2.38. The van der Waals surface area contributed by atoms with Crippen molar-refractivity contribution in [3.05, 3.63) is 51.6 Å². The van der Waals surface area contributed by atoms with Crippen LogP contribution in [0.3, 0.4) is 0 Å². The van der Waals surface area contributed by atoms with Gasteiger partial charge < -0.3 is 17.2 Å². The fraction of sp³-hybridized carbons (Fsp3) is 0.400. The van der Waals surface area contributed by atoms with Gasteiger partial charge >= 0.3 is 0 Å². The van der Waals surface area contributed by atoms with Crippen LogP contribution in [0.2, 0.25) is 0 Å². The van der Waals surface area contributed by atoms with E-state index in [1.165, 1.54) is 6.42 Å². The highest BCUT2D eigenvalue weighted by molar-refractivity contribution is 5.35. The Morgan fingerprint density at radius 2 is 1.44 bits per heavy atom. The first-order valence-electron chi connectivity index (χ1n) is 5.93. The van der Waals surface area contributed by atoms with Gasteiger partial charge in [-0.15, -0.1) is 0 Å². The van der Waals surface area contributed by atoms with Crippen LogP contribution in [0, 0.1) is 27.3 Å². The number of anilines is 1. The van der Waals surface area contributed by atoms with E-state index in [0.717, 1.165) is 31.5 Å². The predicted octanol–water partition coefficient (Wildman–Crippen LogP) is 2.64. The van der Waals surface area contributed by atoms with E-state index in [-0.39, 0.29) is 7.43 Å². The van der Waals surface area contributed by atoms with Crippen LogP contribution in [0.4, 0.5) is 5.69 Å². The molecule has 0 saturated carbocycles. The molecule has 0 fully saturated rings. The number of rotatable bonds is 4. The van der Waals surface area contributed by atoms with Gasteiger partial charge in [0.15, 0.2) is 0 Å². The maximum absolute atomic E-state index is 5.34. The van der Waals surface area contributed by atoms with Gasteiger partial charge in [-0.25, -0.2) is 0 Å². The van der Waals surface area contributed by atoms with Crippen LogP contribution in [0.15, 0.2) is 24.3 Å². The van der Waals surface area contributed by atoms with Crippen molar-refractivity contribution in [2.45, 2.75) is 25.7 Å². The lowest BCUT2D eigenvalue weighted by molar-refractivity contribution is 0.757. The van der Waals surface area contributed by atoms with E-state index in [0.29, 0.717) is 6.54 Å². The van der Waals surface area contributed by atoms with Crippen molar-refractivity contribution in [1.29, 1.82) is 0 Å². The van der Waals surface area contributed by atoms with Gasteiger partial charge in [0, 0.05) is 5.69 Å². The topological polar surface area (TPSA) is 78.1 Å². The van der Waals surface area contributed by atoms with Gasteiger partial charge in [-0.3, -0.25) is 0 Å². The Kier molecular flexibility index (Phi) is 26.1. The van der Waals surface area contributed by atoms with Crippen molar-refractivity contribution in [1.82, 2.24) is 0 Å². The highest BCUT2D eigenvalue weighted by atomic mass is 14.5. The zero-order valence-electron chi connectivity index (χ0n) is 11.7. The minimum absolute atomic E-state index is 0. The van der Waals surface area contributed by atoms with Crippen LogP contribution in [-0.4, -0.2) is 13.1 Å². The second-order valence-corrected chi connectivity index (χ2v) is 3.32. The molecule has 4 radical (unpaired) electrons. The van der Waals surface area contributed by atoms with Crippen molar-refractivity contribution in [3.63, 3.8) is 0 Å². The van der Waals surface area contributed by atoms with Crippen molar-refractivity contribution in [3.8, 4) is 0 Å². The summed E-state index contributed by atoms with van der Waals surface area (Å²) in [6, 6.07) is 10.0. The zero-order chi connectivity index (χ0) is 13.4. The van der Waals surface area contributed by atoms with Gasteiger partial charge in [0.1, 0.15) is 0 Å². The molecule has 0 aliphatic heterocycles. The fourth-order valence-electron chi connectivity index (χ4n) is 0.721. The molecular formula is C15H29N3. The smallest absolute Gasteiger partial charge is 0.0314 e. The van der Waals surface area contributed by atoms with E-state index in [2.05, 4.69) is 19.9 Å². The van der Waals surface area contributed by atoms with Crippen molar-refractivity contribution in [2.24, 2.45) is 11.5 Å². The average molecular weight is 251 g/mol. The van der Waals surface area contributed by atoms with E-state index >= 15 is 0 Å². The van der Waals surface area contributed by atoms with Gasteiger partial charge in [0.05, 0.1) is 0 Å². The van der Waals surface area contributed by atoms with Crippen LogP contribution in [-0.2, 0) is 0 Å². The summed E-state index contributed by atoms with van der Waals surface area (Å²) in [5.41, 5.74) is 16.3. The molecule has 1 aromatic rings. The van der Waals surface area contributed by atoms with E-state index in [1.54, 1.807) is 24.3 Å². The lowest BCUT2D eigenvalue weighted by Gasteiger charge is -1.86. The Labute approximate surface area is 114 Å². The molecule has 0 atom stereocenters. The molecule has 0 aliphatic rings. The molecule has 0 saturated heterocycles. The standard InChI is InChI=1S/C6H6N.C5H12N.C3H8N.CH3/c7-6-4-2-1-3-5-6;1-2-3-4-5-6;1-2-3-4;/h2-5H,7H2;1-6H2;1-4H2;1H3. The maximum Gasteiger partial charge on any atom is 0.0314 e. The Hall–Kier alpha value is -1.06. The molecule has 18 heavy (non-hydrogen) atoms. The molecule has 0 aliphatic carbocycles. The summed E-state index contributed by atoms with van der Waals surface area (Å²) in [5, 5.41) is 0. The molecule has 1 aromatic carbocycles. The number of unbranched alkanes of at least 4 members (excludes halogenated alkanes) is 2. The van der Waals surface area contributed by atoms with Gasteiger partial charge in [0.2, 0.25) is 0 Å². The monoisotopic (exact) mass is 251 g/mol. The summed E-state index contributed by atoms with van der Waals surface area (Å²) in [4.78, 5) is 0. The quantitative estimate of drug-likeness (QED) is 0.568. The van der Waals surface area contributed by atoms with Gasteiger partial charge in [0.25, 0.3) is 0 Å². The number of hydrogen-bond acceptors (Lipinski definition) is 3. The Morgan fingerprint density at radius 3 is 1.61 bits per heavy atom. The first-order valence-corrected chi connectivity index (χ1v) is 5.93. The molecule has 0 amide bonds. The van der Waals surface area contributed by atoms with E-state index in [4.69, 9.17) is 17.2 Å². The van der Waals surface area contributed by atoms with Crippen molar-refractivity contribution < 1.29 is 0 Å². The van der Waals surface area contributed by atoms with E-state index < -0.39 is 0 Å². The number of nitrogen functional groups attached to an aromatic ring is 1. The molecule has 104 valence electrons. The molecule has 0 bridgehead atoms. The van der Waals surface area contributed by atoms with Crippen molar-refractivity contribution in [2.75, 3.05) is 18.8 Å². The molecular weight excluding hydrogens is 222 g/mol. The van der Waals surface area contributed by atoms with Crippen LogP contribution >= 0.6 is 0 Å². The van der Waals surface area contributed by atoms with Gasteiger partial charge in [-0.05, 0) is 44.1 Å². The first-order chi connectivity index (χ1) is 8.22. The third kappa shape index (κ3) is 24.3. The third-order valence-electron chi connectivity index (χ3n) is 1.65. The lowest BCUT2D eigenvalue weighted by atomic mass is 10.3. The molecule has 6 N–H and O–H groups in total. The maximum atomic E-state index is 5.34. The van der Waals surface area contributed by atoms with Crippen LogP contribution in [0.1, 0.15) is 25.7 Å². The molecule has 0 aromatic heterocycles. The first kappa shape index (κ1) is 22.1. The molecule has 0 spiro atoms. The highest BCUT2D eigenvalue weighted by Gasteiger charge is 1.75. The summed E-state index contributed by atoms with van der Waals surface area (Å²) in [6.45, 7) is 8.67. The Balaban J connectivity index is -0.000000190. The summed E-state index contributed by atoms with van der Waals surface area (Å²) in [5.74, 6) is 0. The fourth-order valence-corrected chi connectivity index (χ4v) is 0.721. The summed E-state index contributed by atoms with van der Waals surface area (Å²) < 4.78 is 0. The van der Waals surface area contributed by atoms with Crippen molar-refractivity contribution >= 4 is 5.69 Å². The van der Waals surface area contributed by atoms with E-state index in [1.807, 2.05) is 0 Å². The summed E-state index contributed by atoms with van der Waals surface area (Å²) in [6.07, 6.45) is 4.18. The van der Waals surface area contributed by atoms with Crippen LogP contribution in [0.25, 0.3) is 0 Å². The Morgan fingerprint density at radius 1 is 0.944 bits per heavy atom. The minimum atomic E-state index is 0. The van der Waals surface area contributed by atoms with Gasteiger partial charge in [-0.1, -0.05) is 46.2 Å². The molecule has 3 nitrogen and oxygen atoms in total. The van der Waals surface area contributed by atoms with E-state index in [9.17, 15) is 0 Å². The molecule has 1 rings (SSSR count). The summed E-state index contributed by atoms with van der Waals surface area (Å²) in [7, 11) is 0. The lowest BCUT2D eigenvalue weighted by Crippen LogP contribution is -1.96. The SMILES string of the molecule is Nc1cc[c]cc1.[CH2]CCCCN.[CH2]CCN.[CH3]. The van der Waals surface area contributed by atoms with Crippen LogP contribution in [0.5, 0.6) is 0 Å². The second-order valence-electron chi connectivity index (χ2n) is 3.32. The molecule has 0 unspecified atom stereocenters. The highest BCUT2D eigenvalue weighted by Crippen LogP contribution is 1.95.